The van der Waals surface area contributed by atoms with Crippen molar-refractivity contribution in [2.24, 2.45) is 0 Å². The van der Waals surface area contributed by atoms with Gasteiger partial charge in [0.25, 0.3) is 5.91 Å². The van der Waals surface area contributed by atoms with Gasteiger partial charge in [0.2, 0.25) is 5.91 Å². The zero-order chi connectivity index (χ0) is 18.7. The highest BCUT2D eigenvalue weighted by molar-refractivity contribution is 5.95. The molecule has 0 saturated carbocycles. The van der Waals surface area contributed by atoms with Crippen LogP contribution in [0.3, 0.4) is 0 Å². The molecule has 2 amide bonds. The number of hydrogen-bond acceptors (Lipinski definition) is 3. The van der Waals surface area contributed by atoms with Crippen molar-refractivity contribution in [3.05, 3.63) is 65.0 Å². The Morgan fingerprint density at radius 3 is 2.69 bits per heavy atom. The number of aryl methyl sites for hydroxylation is 1. The Morgan fingerprint density at radius 2 is 2.00 bits per heavy atom. The topological polar surface area (TPSA) is 58.6 Å². The third-order valence-corrected chi connectivity index (χ3v) is 4.51. The monoisotopic (exact) mass is 356 g/mol. The number of carbonyl (C=O) groups is 2. The van der Waals surface area contributed by atoms with Crippen LogP contribution < -0.4 is 10.1 Å². The molecule has 1 aliphatic rings. The molecule has 2 aromatic rings. The molecule has 1 unspecified atom stereocenters. The number of benzene rings is 2. The van der Waals surface area contributed by atoms with Gasteiger partial charge in [-0.1, -0.05) is 18.2 Å². The van der Waals surface area contributed by atoms with E-state index in [1.165, 1.54) is 12.1 Å². The molecule has 0 spiro atoms. The summed E-state index contributed by atoms with van der Waals surface area (Å²) >= 11 is 0. The molecule has 6 heteroatoms. The minimum Gasteiger partial charge on any atom is -0.496 e. The number of halogens is 1. The van der Waals surface area contributed by atoms with Crippen molar-refractivity contribution in [1.29, 1.82) is 0 Å². The standard InChI is InChI=1S/C20H21FN2O3/c1-13-3-6-15(9-18(13)26-2)20(25)22-17-10-19(24)23(12-17)11-14-4-7-16(21)8-5-14/h3-9,17H,10-12H2,1-2H3,(H,22,25). The fraction of sp³-hybridized carbons (Fsp3) is 0.300. The molecule has 1 saturated heterocycles. The fourth-order valence-corrected chi connectivity index (χ4v) is 3.06. The van der Waals surface area contributed by atoms with E-state index < -0.39 is 0 Å². The summed E-state index contributed by atoms with van der Waals surface area (Å²) in [6, 6.07) is 11.1. The second-order valence-corrected chi connectivity index (χ2v) is 6.46. The summed E-state index contributed by atoms with van der Waals surface area (Å²) < 4.78 is 18.2. The van der Waals surface area contributed by atoms with Gasteiger partial charge in [-0.05, 0) is 42.3 Å². The summed E-state index contributed by atoms with van der Waals surface area (Å²) in [5, 5.41) is 2.90. The number of methoxy groups -OCH3 is 1. The number of rotatable bonds is 5. The highest BCUT2D eigenvalue weighted by Crippen LogP contribution is 2.20. The van der Waals surface area contributed by atoms with E-state index in [2.05, 4.69) is 5.32 Å². The Bertz CT molecular complexity index is 820. The third kappa shape index (κ3) is 4.02. The van der Waals surface area contributed by atoms with Crippen LogP contribution in [0.1, 0.15) is 27.9 Å². The molecular weight excluding hydrogens is 335 g/mol. The molecule has 1 aliphatic heterocycles. The molecule has 26 heavy (non-hydrogen) atoms. The van der Waals surface area contributed by atoms with Crippen LogP contribution in [0.25, 0.3) is 0 Å². The summed E-state index contributed by atoms with van der Waals surface area (Å²) in [6.45, 7) is 2.75. The smallest absolute Gasteiger partial charge is 0.251 e. The van der Waals surface area contributed by atoms with Crippen LogP contribution in [-0.4, -0.2) is 36.4 Å². The summed E-state index contributed by atoms with van der Waals surface area (Å²) in [5.74, 6) is 0.0871. The van der Waals surface area contributed by atoms with Crippen LogP contribution in [0, 0.1) is 12.7 Å². The van der Waals surface area contributed by atoms with E-state index >= 15 is 0 Å². The maximum atomic E-state index is 13.0. The largest absolute Gasteiger partial charge is 0.496 e. The third-order valence-electron chi connectivity index (χ3n) is 4.51. The minimum absolute atomic E-state index is 0.0267. The van der Waals surface area contributed by atoms with Crippen molar-refractivity contribution < 1.29 is 18.7 Å². The van der Waals surface area contributed by atoms with Crippen LogP contribution in [0.5, 0.6) is 5.75 Å². The van der Waals surface area contributed by atoms with Gasteiger partial charge in [0.05, 0.1) is 13.2 Å². The van der Waals surface area contributed by atoms with E-state index in [1.807, 2.05) is 13.0 Å². The average Bonchev–Trinajstić information content (AvgIpc) is 2.96. The number of amides is 2. The van der Waals surface area contributed by atoms with Crippen molar-refractivity contribution in [2.45, 2.75) is 25.9 Å². The first-order valence-electron chi connectivity index (χ1n) is 8.44. The second kappa shape index (κ2) is 7.56. The first-order valence-corrected chi connectivity index (χ1v) is 8.44. The number of nitrogens with zero attached hydrogens (tertiary/aromatic N) is 1. The SMILES string of the molecule is COc1cc(C(=O)NC2CC(=O)N(Cc3ccc(F)cc3)C2)ccc1C. The Balaban J connectivity index is 1.61. The average molecular weight is 356 g/mol. The van der Waals surface area contributed by atoms with Gasteiger partial charge in [0.1, 0.15) is 11.6 Å². The Labute approximate surface area is 151 Å². The minimum atomic E-state index is -0.305. The molecule has 0 radical (unpaired) electrons. The van der Waals surface area contributed by atoms with Gasteiger partial charge < -0.3 is 15.0 Å². The molecule has 1 N–H and O–H groups in total. The van der Waals surface area contributed by atoms with Gasteiger partial charge >= 0.3 is 0 Å². The zero-order valence-electron chi connectivity index (χ0n) is 14.8. The summed E-state index contributed by atoms with van der Waals surface area (Å²) in [7, 11) is 1.56. The lowest BCUT2D eigenvalue weighted by Crippen LogP contribution is -2.37. The molecule has 136 valence electrons. The molecule has 0 aliphatic carbocycles. The molecule has 3 rings (SSSR count). The van der Waals surface area contributed by atoms with Crippen LogP contribution in [-0.2, 0) is 11.3 Å². The molecule has 2 aromatic carbocycles. The molecule has 1 heterocycles. The van der Waals surface area contributed by atoms with Crippen molar-refractivity contribution in [3.8, 4) is 5.75 Å². The van der Waals surface area contributed by atoms with Gasteiger partial charge in [0.15, 0.2) is 0 Å². The van der Waals surface area contributed by atoms with Crippen molar-refractivity contribution >= 4 is 11.8 Å². The van der Waals surface area contributed by atoms with Crippen LogP contribution >= 0.6 is 0 Å². The van der Waals surface area contributed by atoms with Gasteiger partial charge in [-0.25, -0.2) is 4.39 Å². The van der Waals surface area contributed by atoms with Gasteiger partial charge in [-0.2, -0.15) is 0 Å². The molecule has 0 bridgehead atoms. The van der Waals surface area contributed by atoms with Crippen molar-refractivity contribution in [3.63, 3.8) is 0 Å². The normalized spacial score (nSPS) is 16.7. The quantitative estimate of drug-likeness (QED) is 0.896. The van der Waals surface area contributed by atoms with E-state index in [0.29, 0.717) is 24.4 Å². The van der Waals surface area contributed by atoms with Gasteiger partial charge in [0, 0.05) is 25.1 Å². The first-order chi connectivity index (χ1) is 12.5. The Hall–Kier alpha value is -2.89. The molecule has 0 aromatic heterocycles. The number of likely N-dealkylation sites (tertiary alicyclic amines) is 1. The second-order valence-electron chi connectivity index (χ2n) is 6.46. The summed E-state index contributed by atoms with van der Waals surface area (Å²) in [6.07, 6.45) is 0.260. The first kappa shape index (κ1) is 17.9. The predicted molar refractivity (Wildman–Crippen MR) is 95.4 cm³/mol. The maximum Gasteiger partial charge on any atom is 0.251 e. The fourth-order valence-electron chi connectivity index (χ4n) is 3.06. The molecular formula is C20H21FN2O3. The maximum absolute atomic E-state index is 13.0. The molecule has 1 fully saturated rings. The number of ether oxygens (including phenoxy) is 1. The lowest BCUT2D eigenvalue weighted by Gasteiger charge is -2.17. The Kier molecular flexibility index (Phi) is 5.21. The van der Waals surface area contributed by atoms with E-state index in [9.17, 15) is 14.0 Å². The summed E-state index contributed by atoms with van der Waals surface area (Å²) in [5.41, 5.74) is 2.30. The van der Waals surface area contributed by atoms with Crippen LogP contribution in [0.2, 0.25) is 0 Å². The predicted octanol–water partition coefficient (Wildman–Crippen LogP) is 2.67. The van der Waals surface area contributed by atoms with E-state index in [-0.39, 0.29) is 30.1 Å². The summed E-state index contributed by atoms with van der Waals surface area (Å²) in [4.78, 5) is 26.3. The molecule has 5 nitrogen and oxygen atoms in total. The highest BCUT2D eigenvalue weighted by atomic mass is 19.1. The zero-order valence-corrected chi connectivity index (χ0v) is 14.8. The van der Waals surface area contributed by atoms with E-state index in [4.69, 9.17) is 4.74 Å². The van der Waals surface area contributed by atoms with Crippen LogP contribution in [0.15, 0.2) is 42.5 Å². The number of hydrogen-bond donors (Lipinski definition) is 1. The Morgan fingerprint density at radius 1 is 1.27 bits per heavy atom. The van der Waals surface area contributed by atoms with Crippen molar-refractivity contribution in [2.75, 3.05) is 13.7 Å². The van der Waals surface area contributed by atoms with Gasteiger partial charge in [-0.3, -0.25) is 9.59 Å². The molecule has 1 atom stereocenters. The van der Waals surface area contributed by atoms with E-state index in [1.54, 1.807) is 36.3 Å². The highest BCUT2D eigenvalue weighted by Gasteiger charge is 2.30. The lowest BCUT2D eigenvalue weighted by molar-refractivity contribution is -0.128. The lowest BCUT2D eigenvalue weighted by atomic mass is 10.1. The van der Waals surface area contributed by atoms with E-state index in [0.717, 1.165) is 11.1 Å². The number of carbonyl (C=O) groups excluding carboxylic acids is 2. The van der Waals surface area contributed by atoms with Crippen molar-refractivity contribution in [1.82, 2.24) is 10.2 Å². The van der Waals surface area contributed by atoms with Gasteiger partial charge in [-0.15, -0.1) is 0 Å². The number of nitrogens with one attached hydrogen (secondary N) is 1. The van der Waals surface area contributed by atoms with Crippen LogP contribution in [0.4, 0.5) is 4.39 Å².